The van der Waals surface area contributed by atoms with E-state index in [1.54, 1.807) is 24.4 Å². The number of aromatic nitrogens is 3. The average Bonchev–Trinajstić information content (AvgIpc) is 3.53. The molecular formula is C22H25FN4O2S. The van der Waals surface area contributed by atoms with Crippen LogP contribution >= 0.6 is 0 Å². The highest BCUT2D eigenvalue weighted by atomic mass is 32.2. The van der Waals surface area contributed by atoms with Crippen molar-refractivity contribution in [3.05, 3.63) is 59.8 Å². The fourth-order valence-electron chi connectivity index (χ4n) is 4.40. The molecule has 5 rings (SSSR count). The lowest BCUT2D eigenvalue weighted by Crippen LogP contribution is -2.41. The Kier molecular flexibility index (Phi) is 5.06. The lowest BCUT2D eigenvalue weighted by Gasteiger charge is -2.32. The molecule has 1 aliphatic heterocycles. The fraction of sp³-hybridized carbons (Fsp3) is 0.455. The molecule has 1 saturated carbocycles. The van der Waals surface area contributed by atoms with Crippen LogP contribution in [0, 0.1) is 11.7 Å². The largest absolute Gasteiger partial charge is 0.312 e. The van der Waals surface area contributed by atoms with Gasteiger partial charge in [-0.3, -0.25) is 0 Å². The van der Waals surface area contributed by atoms with Gasteiger partial charge >= 0.3 is 0 Å². The standard InChI is InChI=1S/C22H25FN4O2S/c23-19-7-2-1-6-18(19)15-30(28,29)26-12-4-5-16(13-26)14-27-21(17-9-10-17)25-20-8-3-11-24-22(20)27/h1-3,6-8,11,16-17H,4-5,9-10,12-15H2. The molecule has 1 aliphatic carbocycles. The zero-order chi connectivity index (χ0) is 20.7. The molecule has 0 amide bonds. The number of halogens is 1. The quantitative estimate of drug-likeness (QED) is 0.601. The maximum Gasteiger partial charge on any atom is 0.218 e. The van der Waals surface area contributed by atoms with Gasteiger partial charge in [0.2, 0.25) is 10.0 Å². The van der Waals surface area contributed by atoms with Crippen LogP contribution in [0.5, 0.6) is 0 Å². The molecule has 0 bridgehead atoms. The average molecular weight is 429 g/mol. The summed E-state index contributed by atoms with van der Waals surface area (Å²) in [7, 11) is -3.57. The first-order chi connectivity index (χ1) is 14.5. The van der Waals surface area contributed by atoms with Crippen LogP contribution in [0.15, 0.2) is 42.6 Å². The molecule has 8 heteroatoms. The molecule has 158 valence electrons. The van der Waals surface area contributed by atoms with Gasteiger partial charge in [0.05, 0.1) is 5.75 Å². The maximum atomic E-state index is 14.0. The maximum absolute atomic E-state index is 14.0. The Bertz CT molecular complexity index is 1170. The van der Waals surface area contributed by atoms with Crippen LogP contribution in [0.25, 0.3) is 11.2 Å². The second kappa shape index (κ2) is 7.74. The minimum atomic E-state index is -3.57. The number of pyridine rings is 1. The minimum Gasteiger partial charge on any atom is -0.312 e. The predicted octanol–water partition coefficient (Wildman–Crippen LogP) is 3.69. The third-order valence-electron chi connectivity index (χ3n) is 6.09. The molecule has 0 spiro atoms. The molecule has 6 nitrogen and oxygen atoms in total. The third kappa shape index (κ3) is 3.86. The first kappa shape index (κ1) is 19.6. The van der Waals surface area contributed by atoms with E-state index >= 15 is 0 Å². The Hall–Kier alpha value is -2.32. The van der Waals surface area contributed by atoms with Crippen molar-refractivity contribution < 1.29 is 12.8 Å². The molecule has 0 N–H and O–H groups in total. The van der Waals surface area contributed by atoms with Gasteiger partial charge in [0.25, 0.3) is 0 Å². The number of imidazole rings is 1. The second-order valence-corrected chi connectivity index (χ2v) is 10.4. The van der Waals surface area contributed by atoms with Crippen LogP contribution in [0.1, 0.15) is 43.0 Å². The molecule has 3 aromatic rings. The first-order valence-electron chi connectivity index (χ1n) is 10.5. The van der Waals surface area contributed by atoms with Crippen molar-refractivity contribution in [3.8, 4) is 0 Å². The van der Waals surface area contributed by atoms with E-state index in [2.05, 4.69) is 9.55 Å². The monoisotopic (exact) mass is 428 g/mol. The molecule has 2 fully saturated rings. The molecule has 2 aliphatic rings. The molecule has 3 heterocycles. The summed E-state index contributed by atoms with van der Waals surface area (Å²) in [6.45, 7) is 1.66. The lowest BCUT2D eigenvalue weighted by atomic mass is 9.99. The van der Waals surface area contributed by atoms with Gasteiger partial charge in [-0.25, -0.2) is 27.1 Å². The van der Waals surface area contributed by atoms with Crippen LogP contribution in [-0.4, -0.2) is 40.3 Å². The Morgan fingerprint density at radius 2 is 1.93 bits per heavy atom. The minimum absolute atomic E-state index is 0.186. The van der Waals surface area contributed by atoms with Gasteiger partial charge in [0.15, 0.2) is 5.65 Å². The van der Waals surface area contributed by atoms with E-state index < -0.39 is 15.8 Å². The van der Waals surface area contributed by atoms with Gasteiger partial charge in [-0.15, -0.1) is 0 Å². The Morgan fingerprint density at radius 1 is 1.10 bits per heavy atom. The van der Waals surface area contributed by atoms with Crippen molar-refractivity contribution in [3.63, 3.8) is 0 Å². The summed E-state index contributed by atoms with van der Waals surface area (Å²) < 4.78 is 43.7. The number of hydrogen-bond acceptors (Lipinski definition) is 4. The molecule has 30 heavy (non-hydrogen) atoms. The highest BCUT2D eigenvalue weighted by Crippen LogP contribution is 2.41. The first-order valence-corrected chi connectivity index (χ1v) is 12.1. The number of piperidine rings is 1. The van der Waals surface area contributed by atoms with Gasteiger partial charge in [-0.1, -0.05) is 18.2 Å². The van der Waals surface area contributed by atoms with Crippen molar-refractivity contribution in [2.45, 2.75) is 43.9 Å². The summed E-state index contributed by atoms with van der Waals surface area (Å²) in [5, 5.41) is 0. The second-order valence-electron chi connectivity index (χ2n) is 8.41. The van der Waals surface area contributed by atoms with Gasteiger partial charge in [0, 0.05) is 37.3 Å². The lowest BCUT2D eigenvalue weighted by molar-refractivity contribution is 0.245. The molecular weight excluding hydrogens is 403 g/mol. The SMILES string of the molecule is O=S(=O)(Cc1ccccc1F)N1CCCC(Cn2c(C3CC3)nc3cccnc32)C1. The number of hydrogen-bond donors (Lipinski definition) is 0. The van der Waals surface area contributed by atoms with Gasteiger partial charge in [-0.2, -0.15) is 0 Å². The highest BCUT2D eigenvalue weighted by molar-refractivity contribution is 7.88. The van der Waals surface area contributed by atoms with Gasteiger partial charge in [0.1, 0.15) is 17.2 Å². The van der Waals surface area contributed by atoms with Crippen molar-refractivity contribution in [2.75, 3.05) is 13.1 Å². The third-order valence-corrected chi connectivity index (χ3v) is 7.88. The number of sulfonamides is 1. The number of fused-ring (bicyclic) bond motifs is 1. The molecule has 1 aromatic carbocycles. The number of rotatable bonds is 6. The fourth-order valence-corrected chi connectivity index (χ4v) is 6.05. The summed E-state index contributed by atoms with van der Waals surface area (Å²) in [5.74, 6) is 0.986. The van der Waals surface area contributed by atoms with Crippen LogP contribution in [0.4, 0.5) is 4.39 Å². The topological polar surface area (TPSA) is 68.1 Å². The molecule has 0 radical (unpaired) electrons. The van der Waals surface area contributed by atoms with Crippen LogP contribution in [0.3, 0.4) is 0 Å². The van der Waals surface area contributed by atoms with E-state index in [1.807, 2.05) is 12.1 Å². The van der Waals surface area contributed by atoms with Crippen LogP contribution in [-0.2, 0) is 22.3 Å². The van der Waals surface area contributed by atoms with Crippen molar-refractivity contribution in [2.24, 2.45) is 5.92 Å². The Balaban J connectivity index is 1.36. The van der Waals surface area contributed by atoms with E-state index in [0.29, 0.717) is 25.6 Å². The predicted molar refractivity (Wildman–Crippen MR) is 113 cm³/mol. The number of nitrogens with zero attached hydrogens (tertiary/aromatic N) is 4. The van der Waals surface area contributed by atoms with Crippen molar-refractivity contribution >= 4 is 21.2 Å². The molecule has 1 saturated heterocycles. The van der Waals surface area contributed by atoms with Crippen molar-refractivity contribution in [1.82, 2.24) is 18.8 Å². The van der Waals surface area contributed by atoms with Gasteiger partial charge < -0.3 is 4.57 Å². The summed E-state index contributed by atoms with van der Waals surface area (Å²) in [6.07, 6.45) is 5.85. The summed E-state index contributed by atoms with van der Waals surface area (Å²) in [4.78, 5) is 9.34. The number of benzene rings is 1. The van der Waals surface area contributed by atoms with Crippen LogP contribution in [0.2, 0.25) is 0 Å². The Morgan fingerprint density at radius 3 is 2.73 bits per heavy atom. The summed E-state index contributed by atoms with van der Waals surface area (Å²) >= 11 is 0. The van der Waals surface area contributed by atoms with E-state index in [-0.39, 0.29) is 17.2 Å². The zero-order valence-electron chi connectivity index (χ0n) is 16.7. The summed E-state index contributed by atoms with van der Waals surface area (Å²) in [6, 6.07) is 9.97. The van der Waals surface area contributed by atoms with E-state index in [0.717, 1.165) is 42.7 Å². The van der Waals surface area contributed by atoms with E-state index in [9.17, 15) is 12.8 Å². The van der Waals surface area contributed by atoms with E-state index in [1.165, 1.54) is 10.4 Å². The zero-order valence-corrected chi connectivity index (χ0v) is 17.6. The Labute approximate surface area is 175 Å². The summed E-state index contributed by atoms with van der Waals surface area (Å²) in [5.41, 5.74) is 2.01. The van der Waals surface area contributed by atoms with Gasteiger partial charge in [-0.05, 0) is 49.8 Å². The highest BCUT2D eigenvalue weighted by Gasteiger charge is 2.33. The van der Waals surface area contributed by atoms with E-state index in [4.69, 9.17) is 4.98 Å². The molecule has 2 aromatic heterocycles. The molecule has 1 atom stereocenters. The molecule has 1 unspecified atom stereocenters. The normalized spacial score (nSPS) is 20.6. The van der Waals surface area contributed by atoms with Crippen LogP contribution < -0.4 is 0 Å². The smallest absolute Gasteiger partial charge is 0.218 e. The van der Waals surface area contributed by atoms with Crippen molar-refractivity contribution in [1.29, 1.82) is 0 Å².